The maximum Gasteiger partial charge on any atom is 0.201 e. The number of aromatic hydroxyl groups is 1. The van der Waals surface area contributed by atoms with Gasteiger partial charge in [-0.2, -0.15) is 0 Å². The summed E-state index contributed by atoms with van der Waals surface area (Å²) in [6.45, 7) is 0. The smallest absolute Gasteiger partial charge is 0.201 e. The number of hydrogen-bond acceptors (Lipinski definition) is 4. The van der Waals surface area contributed by atoms with E-state index in [1.165, 1.54) is 6.07 Å². The molecule has 0 unspecified atom stereocenters. The predicted molar refractivity (Wildman–Crippen MR) is 105 cm³/mol. The largest absolute Gasteiger partial charge is 0.508 e. The van der Waals surface area contributed by atoms with E-state index in [2.05, 4.69) is 20.9 Å². The van der Waals surface area contributed by atoms with Crippen LogP contribution >= 0.6 is 15.9 Å². The summed E-state index contributed by atoms with van der Waals surface area (Å²) in [5.41, 5.74) is 1.16. The van der Waals surface area contributed by atoms with Crippen molar-refractivity contribution in [2.24, 2.45) is 0 Å². The van der Waals surface area contributed by atoms with Gasteiger partial charge in [-0.1, -0.05) is 52.3 Å². The van der Waals surface area contributed by atoms with Gasteiger partial charge in [0, 0.05) is 21.2 Å². The molecular formula is C21H15BrN2O3. The Kier molecular flexibility index (Phi) is 3.46. The lowest BCUT2D eigenvalue weighted by atomic mass is 9.90. The predicted octanol–water partition coefficient (Wildman–Crippen LogP) is 3.91. The molecule has 0 bridgehead atoms. The van der Waals surface area contributed by atoms with Gasteiger partial charge in [0.15, 0.2) is 0 Å². The Morgan fingerprint density at radius 1 is 1.00 bits per heavy atom. The van der Waals surface area contributed by atoms with Crippen LogP contribution in [0, 0.1) is 0 Å². The fourth-order valence-corrected chi connectivity index (χ4v) is 4.28. The van der Waals surface area contributed by atoms with Crippen LogP contribution in [0.3, 0.4) is 0 Å². The summed E-state index contributed by atoms with van der Waals surface area (Å²) in [5.74, 6) is 0.498. The molecular weight excluding hydrogens is 408 g/mol. The molecule has 1 aliphatic rings. The van der Waals surface area contributed by atoms with Gasteiger partial charge in [-0.25, -0.2) is 4.98 Å². The van der Waals surface area contributed by atoms with Gasteiger partial charge in [0.1, 0.15) is 17.7 Å². The molecule has 0 radical (unpaired) electrons. The van der Waals surface area contributed by atoms with E-state index in [0.29, 0.717) is 21.4 Å². The lowest BCUT2D eigenvalue weighted by Gasteiger charge is -2.33. The van der Waals surface area contributed by atoms with E-state index in [0.717, 1.165) is 11.1 Å². The number of phenols is 1. The minimum atomic E-state index is -1.81. The van der Waals surface area contributed by atoms with E-state index in [4.69, 9.17) is 0 Å². The number of halogens is 1. The van der Waals surface area contributed by atoms with Crippen molar-refractivity contribution < 1.29 is 15.3 Å². The molecule has 134 valence electrons. The molecule has 27 heavy (non-hydrogen) atoms. The first-order chi connectivity index (χ1) is 13.0. The standard InChI is InChI=1S/C21H15BrN2O3/c22-12-9-10-18(25)14(11-12)19(26)21(27)15-6-2-1-5-13(15)20-23-16-7-3-4-8-17(16)24(20)21/h1-11,19,25-27H/t19-,21+/m1/s1. The van der Waals surface area contributed by atoms with Crippen LogP contribution in [0.25, 0.3) is 22.4 Å². The van der Waals surface area contributed by atoms with Gasteiger partial charge in [0.2, 0.25) is 5.72 Å². The second-order valence-electron chi connectivity index (χ2n) is 6.64. The molecule has 0 aliphatic carbocycles. The summed E-state index contributed by atoms with van der Waals surface area (Å²) in [6.07, 6.45) is -1.41. The van der Waals surface area contributed by atoms with Crippen molar-refractivity contribution >= 4 is 27.0 Å². The quantitative estimate of drug-likeness (QED) is 0.457. The average molecular weight is 423 g/mol. The topological polar surface area (TPSA) is 78.5 Å². The lowest BCUT2D eigenvalue weighted by molar-refractivity contribution is -0.0978. The third kappa shape index (κ3) is 2.15. The van der Waals surface area contributed by atoms with Crippen molar-refractivity contribution in [3.05, 3.63) is 82.3 Å². The zero-order valence-corrected chi connectivity index (χ0v) is 15.6. The van der Waals surface area contributed by atoms with E-state index in [-0.39, 0.29) is 11.3 Å². The molecule has 2 heterocycles. The molecule has 0 spiro atoms. The van der Waals surface area contributed by atoms with E-state index in [9.17, 15) is 15.3 Å². The number of imidazole rings is 1. The van der Waals surface area contributed by atoms with Gasteiger partial charge in [0.25, 0.3) is 0 Å². The molecule has 0 saturated carbocycles. The number of nitrogens with zero attached hydrogens (tertiary/aromatic N) is 2. The monoisotopic (exact) mass is 422 g/mol. The molecule has 2 atom stereocenters. The Morgan fingerprint density at radius 2 is 1.74 bits per heavy atom. The van der Waals surface area contributed by atoms with E-state index >= 15 is 0 Å². The van der Waals surface area contributed by atoms with Gasteiger partial charge in [-0.05, 0) is 30.3 Å². The fourth-order valence-electron chi connectivity index (χ4n) is 3.90. The van der Waals surface area contributed by atoms with Gasteiger partial charge in [0.05, 0.1) is 11.0 Å². The number of aliphatic hydroxyl groups excluding tert-OH is 1. The van der Waals surface area contributed by atoms with E-state index < -0.39 is 11.8 Å². The van der Waals surface area contributed by atoms with Crippen molar-refractivity contribution in [2.75, 3.05) is 0 Å². The number of hydrogen-bond donors (Lipinski definition) is 3. The fraction of sp³-hybridized carbons (Fsp3) is 0.0952. The molecule has 0 saturated heterocycles. The highest BCUT2D eigenvalue weighted by atomic mass is 79.9. The highest BCUT2D eigenvalue weighted by molar-refractivity contribution is 9.10. The van der Waals surface area contributed by atoms with Crippen LogP contribution < -0.4 is 0 Å². The zero-order valence-electron chi connectivity index (χ0n) is 14.0. The van der Waals surface area contributed by atoms with Gasteiger partial charge < -0.3 is 15.3 Å². The summed E-state index contributed by atoms with van der Waals surface area (Å²) in [4.78, 5) is 4.67. The van der Waals surface area contributed by atoms with E-state index in [1.807, 2.05) is 42.5 Å². The first-order valence-electron chi connectivity index (χ1n) is 8.48. The van der Waals surface area contributed by atoms with Crippen LogP contribution in [0.4, 0.5) is 0 Å². The highest BCUT2D eigenvalue weighted by Crippen LogP contribution is 2.51. The molecule has 6 heteroatoms. The zero-order chi connectivity index (χ0) is 18.8. The van der Waals surface area contributed by atoms with Crippen molar-refractivity contribution in [2.45, 2.75) is 11.8 Å². The second kappa shape index (κ2) is 5.66. The van der Waals surface area contributed by atoms with Gasteiger partial charge in [-0.15, -0.1) is 0 Å². The summed E-state index contributed by atoms with van der Waals surface area (Å²) in [7, 11) is 0. The first kappa shape index (κ1) is 16.5. The highest BCUT2D eigenvalue weighted by Gasteiger charge is 2.50. The van der Waals surface area contributed by atoms with Crippen LogP contribution in [0.2, 0.25) is 0 Å². The number of benzene rings is 3. The normalized spacial score (nSPS) is 19.1. The van der Waals surface area contributed by atoms with Crippen LogP contribution in [0.15, 0.2) is 71.2 Å². The summed E-state index contributed by atoms with van der Waals surface area (Å²) in [6, 6.07) is 19.6. The molecule has 0 fully saturated rings. The van der Waals surface area contributed by atoms with Crippen LogP contribution in [-0.2, 0) is 5.72 Å². The Labute approximate surface area is 163 Å². The van der Waals surface area contributed by atoms with Crippen LogP contribution in [0.1, 0.15) is 17.2 Å². The number of phenolic OH excluding ortho intramolecular Hbond substituents is 1. The Balaban J connectivity index is 1.84. The molecule has 0 amide bonds. The molecule has 1 aromatic heterocycles. The number of aliphatic hydroxyl groups is 2. The Hall–Kier alpha value is -2.67. The summed E-state index contributed by atoms with van der Waals surface area (Å²) >= 11 is 3.36. The third-order valence-corrected chi connectivity index (χ3v) is 5.62. The average Bonchev–Trinajstić information content (AvgIpc) is 3.19. The van der Waals surface area contributed by atoms with Crippen molar-refractivity contribution in [1.29, 1.82) is 0 Å². The number of rotatable bonds is 2. The second-order valence-corrected chi connectivity index (χ2v) is 7.55. The third-order valence-electron chi connectivity index (χ3n) is 5.13. The molecule has 5 nitrogen and oxygen atoms in total. The lowest BCUT2D eigenvalue weighted by Crippen LogP contribution is -2.38. The maximum absolute atomic E-state index is 11.9. The first-order valence-corrected chi connectivity index (χ1v) is 9.28. The number of fused-ring (bicyclic) bond motifs is 5. The SMILES string of the molecule is Oc1ccc(Br)cc1[C@@H](O)[C@@]1(O)c2ccccc2-c2nc3ccccc3n21. The van der Waals surface area contributed by atoms with Crippen molar-refractivity contribution in [3.63, 3.8) is 0 Å². The number of para-hydroxylation sites is 2. The van der Waals surface area contributed by atoms with Crippen LogP contribution in [-0.4, -0.2) is 24.9 Å². The summed E-state index contributed by atoms with van der Waals surface area (Å²) < 4.78 is 2.35. The van der Waals surface area contributed by atoms with Crippen molar-refractivity contribution in [3.8, 4) is 17.1 Å². The van der Waals surface area contributed by atoms with Crippen LogP contribution in [0.5, 0.6) is 5.75 Å². The molecule has 4 aromatic rings. The number of aromatic nitrogens is 2. The van der Waals surface area contributed by atoms with Gasteiger partial charge in [-0.3, -0.25) is 4.57 Å². The molecule has 1 aliphatic heterocycles. The molecule has 5 rings (SSSR count). The van der Waals surface area contributed by atoms with Gasteiger partial charge >= 0.3 is 0 Å². The Bertz CT molecular complexity index is 1200. The van der Waals surface area contributed by atoms with E-state index in [1.54, 1.807) is 22.8 Å². The van der Waals surface area contributed by atoms with Crippen molar-refractivity contribution in [1.82, 2.24) is 9.55 Å². The maximum atomic E-state index is 11.9. The minimum Gasteiger partial charge on any atom is -0.508 e. The molecule has 3 aromatic carbocycles. The Morgan fingerprint density at radius 3 is 2.59 bits per heavy atom. The minimum absolute atomic E-state index is 0.0884. The molecule has 3 N–H and O–H groups in total. The summed E-state index contributed by atoms with van der Waals surface area (Å²) in [5, 5.41) is 33.5.